The molecule has 15 heteroatoms. The molecule has 0 aromatic heterocycles. The van der Waals surface area contributed by atoms with Crippen molar-refractivity contribution in [3.05, 3.63) is 24.3 Å². The van der Waals surface area contributed by atoms with Gasteiger partial charge in [-0.15, -0.1) is 0 Å². The summed E-state index contributed by atoms with van der Waals surface area (Å²) in [7, 11) is -6.69. The second-order valence-corrected chi connectivity index (χ2v) is 12.8. The number of halogens is 7. The predicted octanol–water partition coefficient (Wildman–Crippen LogP) is 4.51. The average molecular weight is 563 g/mol. The zero-order valence-corrected chi connectivity index (χ0v) is 19.6. The Balaban J connectivity index is 0.000000274. The molecule has 0 aliphatic heterocycles. The highest BCUT2D eigenvalue weighted by Crippen LogP contribution is 2.43. The molecule has 0 amide bonds. The molecule has 34 heavy (non-hydrogen) atoms. The van der Waals surface area contributed by atoms with E-state index in [1.165, 1.54) is 12.8 Å². The SMILES string of the molecule is C.NCC1CC2C=CC1C2.O=S(=O)(Cl)C(F)(F)F.O=S(=O)(NCC1CC2C=CC1C2)C(F)(F)F. The van der Waals surface area contributed by atoms with Gasteiger partial charge >= 0.3 is 30.1 Å². The summed E-state index contributed by atoms with van der Waals surface area (Å²) >= 11 is 0. The first kappa shape index (κ1) is 31.2. The molecular weight excluding hydrogens is 534 g/mol. The maximum Gasteiger partial charge on any atom is 0.511 e. The molecule has 0 aromatic carbocycles. The quantitative estimate of drug-likeness (QED) is 0.298. The second kappa shape index (κ2) is 11.5. The van der Waals surface area contributed by atoms with Gasteiger partial charge in [0, 0.05) is 17.2 Å². The number of rotatable bonds is 4. The standard InChI is InChI=1S/C9H12F3NO2S.C8H13N.CClF3O2S.CH4/c10-9(11,12)16(14,15)13-5-8-4-6-1-2-7(8)3-6;9-5-8-4-6-1-2-7(8)3-6;2-8(6,7)1(3,4)5;/h1-2,6-8,13H,3-5H2;1-2,6-8H,3-5,9H2;;1H4. The Labute approximate surface area is 200 Å². The fraction of sp³-hybridized carbons (Fsp3) is 0.789. The minimum atomic E-state index is -5.37. The van der Waals surface area contributed by atoms with Gasteiger partial charge in [-0.2, -0.15) is 26.3 Å². The van der Waals surface area contributed by atoms with Gasteiger partial charge < -0.3 is 5.73 Å². The van der Waals surface area contributed by atoms with Gasteiger partial charge in [-0.1, -0.05) is 31.7 Å². The lowest BCUT2D eigenvalue weighted by atomic mass is 9.94. The number of sulfonamides is 1. The second-order valence-electron chi connectivity index (χ2n) is 8.50. The van der Waals surface area contributed by atoms with Crippen LogP contribution in [0.25, 0.3) is 0 Å². The highest BCUT2D eigenvalue weighted by molar-refractivity contribution is 8.14. The Bertz CT molecular complexity index is 951. The average Bonchev–Trinajstić information content (AvgIpc) is 3.45. The number of allylic oxidation sites excluding steroid dienone is 4. The Morgan fingerprint density at radius 1 is 0.794 bits per heavy atom. The van der Waals surface area contributed by atoms with Crippen LogP contribution in [0.1, 0.15) is 33.1 Å². The van der Waals surface area contributed by atoms with Crippen molar-refractivity contribution in [2.24, 2.45) is 41.2 Å². The van der Waals surface area contributed by atoms with Gasteiger partial charge in [0.2, 0.25) is 0 Å². The summed E-state index contributed by atoms with van der Waals surface area (Å²) < 4.78 is 110. The first-order chi connectivity index (χ1) is 14.9. The molecule has 6 nitrogen and oxygen atoms in total. The summed E-state index contributed by atoms with van der Waals surface area (Å²) in [4.78, 5) is 0. The summed E-state index contributed by atoms with van der Waals surface area (Å²) in [6.07, 6.45) is 13.2. The molecule has 0 radical (unpaired) electrons. The number of hydrogen-bond donors (Lipinski definition) is 2. The molecule has 4 rings (SSSR count). The van der Waals surface area contributed by atoms with E-state index in [1.54, 1.807) is 4.72 Å². The number of hydrogen-bond acceptors (Lipinski definition) is 5. The fourth-order valence-electron chi connectivity index (χ4n) is 4.59. The summed E-state index contributed by atoms with van der Waals surface area (Å²) in [5.74, 6) is 3.22. The summed E-state index contributed by atoms with van der Waals surface area (Å²) in [6.45, 7) is 0.777. The predicted molar refractivity (Wildman–Crippen MR) is 117 cm³/mol. The molecule has 2 saturated carbocycles. The maximum absolute atomic E-state index is 12.0. The molecule has 0 spiro atoms. The first-order valence-electron chi connectivity index (χ1n) is 10.1. The van der Waals surface area contributed by atoms with E-state index in [0.29, 0.717) is 5.92 Å². The third-order valence-corrected chi connectivity index (χ3v) is 8.49. The van der Waals surface area contributed by atoms with E-state index in [1.807, 2.05) is 6.08 Å². The van der Waals surface area contributed by atoms with Gasteiger partial charge in [0.25, 0.3) is 0 Å². The van der Waals surface area contributed by atoms with Crippen LogP contribution in [-0.4, -0.2) is 40.9 Å². The van der Waals surface area contributed by atoms with E-state index >= 15 is 0 Å². The van der Waals surface area contributed by atoms with E-state index in [-0.39, 0.29) is 25.8 Å². The zero-order chi connectivity index (χ0) is 25.2. The first-order valence-corrected chi connectivity index (χ1v) is 13.9. The molecule has 200 valence electrons. The molecule has 0 heterocycles. The number of nitrogens with two attached hydrogens (primary N) is 1. The third kappa shape index (κ3) is 8.10. The summed E-state index contributed by atoms with van der Waals surface area (Å²) in [5, 5.41) is 0. The van der Waals surface area contributed by atoms with Crippen LogP contribution in [0.3, 0.4) is 0 Å². The van der Waals surface area contributed by atoms with Crippen LogP contribution in [0.15, 0.2) is 24.3 Å². The lowest BCUT2D eigenvalue weighted by Gasteiger charge is -2.18. The van der Waals surface area contributed by atoms with E-state index in [4.69, 9.17) is 5.73 Å². The van der Waals surface area contributed by atoms with E-state index in [2.05, 4.69) is 28.9 Å². The van der Waals surface area contributed by atoms with Crippen LogP contribution < -0.4 is 10.5 Å². The highest BCUT2D eigenvalue weighted by atomic mass is 35.7. The van der Waals surface area contributed by atoms with Crippen LogP contribution in [0.2, 0.25) is 0 Å². The smallest absolute Gasteiger partial charge is 0.330 e. The largest absolute Gasteiger partial charge is 0.511 e. The highest BCUT2D eigenvalue weighted by Gasteiger charge is 2.47. The molecule has 4 bridgehead atoms. The summed E-state index contributed by atoms with van der Waals surface area (Å²) in [6, 6.07) is 0. The van der Waals surface area contributed by atoms with E-state index in [9.17, 15) is 43.2 Å². The Hall–Kier alpha value is -0.830. The van der Waals surface area contributed by atoms with Crippen LogP contribution in [0.4, 0.5) is 26.3 Å². The minimum absolute atomic E-state index is 0. The van der Waals surface area contributed by atoms with E-state index < -0.39 is 30.1 Å². The molecule has 2 fully saturated rings. The normalized spacial score (nSPS) is 31.4. The molecule has 6 atom stereocenters. The molecule has 0 aromatic rings. The van der Waals surface area contributed by atoms with Gasteiger partial charge in [0.1, 0.15) is 0 Å². The van der Waals surface area contributed by atoms with Crippen molar-refractivity contribution >= 4 is 29.8 Å². The monoisotopic (exact) mass is 562 g/mol. The third-order valence-electron chi connectivity index (χ3n) is 6.25. The van der Waals surface area contributed by atoms with Gasteiger partial charge in [0.15, 0.2) is 0 Å². The van der Waals surface area contributed by atoms with Crippen LogP contribution >= 0.6 is 10.7 Å². The molecule has 4 aliphatic carbocycles. The number of fused-ring (bicyclic) bond motifs is 4. The zero-order valence-electron chi connectivity index (χ0n) is 17.2. The van der Waals surface area contributed by atoms with Crippen molar-refractivity contribution < 1.29 is 43.2 Å². The minimum Gasteiger partial charge on any atom is -0.330 e. The molecule has 6 unspecified atom stereocenters. The topological polar surface area (TPSA) is 106 Å². The summed E-state index contributed by atoms with van der Waals surface area (Å²) in [5.41, 5.74) is -4.95. The Morgan fingerprint density at radius 3 is 1.44 bits per heavy atom. The lowest BCUT2D eigenvalue weighted by Crippen LogP contribution is -2.39. The molecule has 0 saturated heterocycles. The fourth-order valence-corrected chi connectivity index (χ4v) is 5.19. The van der Waals surface area contributed by atoms with Crippen molar-refractivity contribution in [2.75, 3.05) is 13.1 Å². The number of nitrogens with one attached hydrogen (secondary N) is 1. The van der Waals surface area contributed by atoms with Gasteiger partial charge in [-0.3, -0.25) is 0 Å². The Morgan fingerprint density at radius 2 is 1.21 bits per heavy atom. The van der Waals surface area contributed by atoms with Gasteiger partial charge in [-0.05, 0) is 67.7 Å². The maximum atomic E-state index is 12.0. The van der Waals surface area contributed by atoms with Crippen LogP contribution in [0.5, 0.6) is 0 Å². The van der Waals surface area contributed by atoms with Gasteiger partial charge in [0.05, 0.1) is 0 Å². The van der Waals surface area contributed by atoms with Crippen molar-refractivity contribution in [2.45, 2.75) is 44.1 Å². The van der Waals surface area contributed by atoms with Crippen molar-refractivity contribution in [3.63, 3.8) is 0 Å². The molecular formula is C19H29ClF6N2O4S2. The van der Waals surface area contributed by atoms with Crippen molar-refractivity contribution in [1.29, 1.82) is 0 Å². The molecule has 4 aliphatic rings. The van der Waals surface area contributed by atoms with Crippen molar-refractivity contribution in [1.82, 2.24) is 4.72 Å². The number of alkyl halides is 6. The van der Waals surface area contributed by atoms with Crippen LogP contribution in [-0.2, 0) is 19.1 Å². The van der Waals surface area contributed by atoms with Crippen molar-refractivity contribution in [3.8, 4) is 0 Å². The van der Waals surface area contributed by atoms with E-state index in [0.717, 1.165) is 37.1 Å². The molecule has 3 N–H and O–H groups in total. The lowest BCUT2D eigenvalue weighted by molar-refractivity contribution is -0.0449. The Kier molecular flexibility index (Phi) is 10.5. The van der Waals surface area contributed by atoms with Gasteiger partial charge in [-0.25, -0.2) is 21.6 Å². The van der Waals surface area contributed by atoms with Crippen LogP contribution in [0, 0.1) is 35.5 Å².